The van der Waals surface area contributed by atoms with Gasteiger partial charge in [-0.05, 0) is 0 Å². The summed E-state index contributed by atoms with van der Waals surface area (Å²) < 4.78 is 22.2. The summed E-state index contributed by atoms with van der Waals surface area (Å²) in [5, 5.41) is 19.2. The minimum absolute atomic E-state index is 0. The van der Waals surface area contributed by atoms with Crippen LogP contribution in [0.3, 0.4) is 0 Å². The van der Waals surface area contributed by atoms with E-state index in [9.17, 15) is 5.02 Å². The van der Waals surface area contributed by atoms with Gasteiger partial charge in [0.2, 0.25) is 0 Å². The van der Waals surface area contributed by atoms with Crippen molar-refractivity contribution < 1.29 is 34.3 Å². The first-order valence-corrected chi connectivity index (χ1v) is 2.85. The Kier molecular flexibility index (Phi) is 3.15. The van der Waals surface area contributed by atoms with Crippen molar-refractivity contribution in [3.8, 4) is 0 Å². The largest absolute Gasteiger partial charge is 1.00 e. The Morgan fingerprint density at radius 3 is 2.00 bits per heavy atom. The number of rotatable bonds is 0. The van der Waals surface area contributed by atoms with Gasteiger partial charge in [-0.1, -0.05) is 0 Å². The second-order valence-corrected chi connectivity index (χ2v) is 1.85. The average molecular weight is 174 g/mol. The van der Waals surface area contributed by atoms with Crippen LogP contribution in [-0.4, -0.2) is 34.3 Å². The summed E-state index contributed by atoms with van der Waals surface area (Å²) in [4.78, 5) is 0. The van der Waals surface area contributed by atoms with E-state index in [1.54, 1.807) is 0 Å². The van der Waals surface area contributed by atoms with Gasteiger partial charge in [0.25, 0.3) is 0 Å². The van der Waals surface area contributed by atoms with Gasteiger partial charge in [0.1, 0.15) is 0 Å². The van der Waals surface area contributed by atoms with Crippen LogP contribution in [0.1, 0.15) is 1.43 Å². The third kappa shape index (κ3) is 2.00. The molecule has 2 aliphatic rings. The summed E-state index contributed by atoms with van der Waals surface area (Å²) in [7, 11) is -5.60. The zero-order chi connectivity index (χ0) is 7.84. The molecule has 64 valence electrons. The van der Waals surface area contributed by atoms with Crippen LogP contribution in [-0.2, 0) is 22.9 Å². The summed E-state index contributed by atoms with van der Waals surface area (Å²) in [5.41, 5.74) is 0. The molecule has 4 N–H and O–H groups in total. The Morgan fingerprint density at radius 1 is 1.00 bits per heavy atom. The standard InChI is InChI=1S/B4HO7.H3N/c5-1-7-3-9-2(6)10-4(8-1)11-3;/h5H;1H3/q-1;/p+1. The predicted molar refractivity (Wildman–Crippen MR) is 36.8 cm³/mol. The highest BCUT2D eigenvalue weighted by Gasteiger charge is 2.48. The van der Waals surface area contributed by atoms with Crippen LogP contribution in [0.2, 0.25) is 0 Å². The molecule has 0 unspecified atom stereocenters. The first-order chi connectivity index (χ1) is 5.24. The number of fused-ring (bicyclic) bond motifs is 2. The molecular weight excluding hydrogens is 169 g/mol. The maximum absolute atomic E-state index is 10.5. The van der Waals surface area contributed by atoms with E-state index in [4.69, 9.17) is 5.02 Å². The quantitative estimate of drug-likeness (QED) is 0.365. The zero-order valence-electron chi connectivity index (χ0n) is 6.91. The van der Waals surface area contributed by atoms with Crippen LogP contribution in [0.4, 0.5) is 0 Å². The molecule has 12 heteroatoms. The third-order valence-corrected chi connectivity index (χ3v) is 1.12. The molecule has 0 saturated carbocycles. The fourth-order valence-corrected chi connectivity index (χ4v) is 0.719. The Balaban J connectivity index is 0.000000720. The lowest BCUT2D eigenvalue weighted by Gasteiger charge is -2.36. The van der Waals surface area contributed by atoms with Gasteiger partial charge in [-0.25, -0.2) is 0 Å². The molecular formula is H5B4NO7. The molecule has 0 aliphatic carbocycles. The summed E-state index contributed by atoms with van der Waals surface area (Å²) in [6.45, 7) is 0. The van der Waals surface area contributed by atoms with E-state index in [2.05, 4.69) is 22.9 Å². The highest BCUT2D eigenvalue weighted by atomic mass is 16.9. The smallest absolute Gasteiger partial charge is 0.833 e. The predicted octanol–water partition coefficient (Wildman–Crippen LogP) is -3.34. The molecule has 2 heterocycles. The van der Waals surface area contributed by atoms with Crippen molar-refractivity contribution in [1.29, 1.82) is 0 Å². The second kappa shape index (κ2) is 3.77. The fraction of sp³-hybridized carbons (Fsp3) is 0. The molecule has 0 aromatic rings. The molecule has 0 aromatic carbocycles. The normalized spacial score (nSPS) is 22.5. The van der Waals surface area contributed by atoms with Crippen LogP contribution < -0.4 is 11.2 Å². The lowest BCUT2D eigenvalue weighted by atomic mass is 9.90. The highest BCUT2D eigenvalue weighted by Crippen LogP contribution is 2.13. The molecule has 2 rings (SSSR count). The average Bonchev–Trinajstić information content (AvgIpc) is 1.82. The number of hydrogen-bond acceptors (Lipinski definition) is 8. The van der Waals surface area contributed by atoms with E-state index in [-0.39, 0.29) is 7.58 Å². The SMILES string of the molecule is N.[H+].[O-]B1OB2OB(O)OB(O1)O2. The van der Waals surface area contributed by atoms with Gasteiger partial charge < -0.3 is 39.1 Å². The minimum atomic E-state index is -1.70. The molecule has 0 radical (unpaired) electrons. The molecule has 2 bridgehead atoms. The molecule has 2 saturated heterocycles. The van der Waals surface area contributed by atoms with E-state index in [1.807, 2.05) is 0 Å². The van der Waals surface area contributed by atoms with Gasteiger partial charge in [-0.15, -0.1) is 0 Å². The van der Waals surface area contributed by atoms with Crippen LogP contribution in [0.25, 0.3) is 0 Å². The van der Waals surface area contributed by atoms with Crippen molar-refractivity contribution in [1.82, 2.24) is 6.15 Å². The van der Waals surface area contributed by atoms with Crippen molar-refractivity contribution in [3.05, 3.63) is 0 Å². The maximum atomic E-state index is 10.5. The van der Waals surface area contributed by atoms with Gasteiger partial charge in [-0.2, -0.15) is 0 Å². The Bertz CT molecular complexity index is 126. The Labute approximate surface area is 70.8 Å². The molecule has 2 fully saturated rings. The van der Waals surface area contributed by atoms with Crippen molar-refractivity contribution in [2.75, 3.05) is 0 Å². The molecule has 0 atom stereocenters. The second-order valence-electron chi connectivity index (χ2n) is 1.85. The summed E-state index contributed by atoms with van der Waals surface area (Å²) >= 11 is 0. The van der Waals surface area contributed by atoms with E-state index in [1.165, 1.54) is 0 Å². The van der Waals surface area contributed by atoms with Gasteiger partial charge in [-0.3, -0.25) is 0 Å². The summed E-state index contributed by atoms with van der Waals surface area (Å²) in [5.74, 6) is 0. The van der Waals surface area contributed by atoms with E-state index in [0.29, 0.717) is 0 Å². The number of hydrogen-bond donors (Lipinski definition) is 2. The van der Waals surface area contributed by atoms with E-state index < -0.39 is 29.3 Å². The molecule has 0 aromatic heterocycles. The Hall–Kier alpha value is -0.0603. The van der Waals surface area contributed by atoms with Crippen molar-refractivity contribution >= 4 is 29.3 Å². The molecule has 8 nitrogen and oxygen atoms in total. The Morgan fingerprint density at radius 2 is 1.50 bits per heavy atom. The van der Waals surface area contributed by atoms with Crippen LogP contribution in [0.15, 0.2) is 0 Å². The lowest BCUT2D eigenvalue weighted by Crippen LogP contribution is -2.63. The van der Waals surface area contributed by atoms with Crippen molar-refractivity contribution in [2.24, 2.45) is 0 Å². The highest BCUT2D eigenvalue weighted by molar-refractivity contribution is 6.74. The topological polar surface area (TPSA) is 124 Å². The van der Waals surface area contributed by atoms with Crippen LogP contribution >= 0.6 is 0 Å². The van der Waals surface area contributed by atoms with E-state index in [0.717, 1.165) is 0 Å². The lowest BCUT2D eigenvalue weighted by molar-refractivity contribution is -0.244. The molecule has 0 spiro atoms. The minimum Gasteiger partial charge on any atom is -0.833 e. The molecule has 12 heavy (non-hydrogen) atoms. The van der Waals surface area contributed by atoms with Gasteiger partial charge in [0.15, 0.2) is 0 Å². The first-order valence-electron chi connectivity index (χ1n) is 2.85. The van der Waals surface area contributed by atoms with Crippen LogP contribution in [0.5, 0.6) is 0 Å². The summed E-state index contributed by atoms with van der Waals surface area (Å²) in [6.07, 6.45) is 0. The van der Waals surface area contributed by atoms with Crippen LogP contribution in [0, 0.1) is 0 Å². The molecule has 0 amide bonds. The zero-order valence-corrected chi connectivity index (χ0v) is 5.91. The first kappa shape index (κ1) is 10.0. The third-order valence-electron chi connectivity index (χ3n) is 1.12. The van der Waals surface area contributed by atoms with Gasteiger partial charge in [0.05, 0.1) is 0 Å². The fourth-order valence-electron chi connectivity index (χ4n) is 0.719. The van der Waals surface area contributed by atoms with Crippen molar-refractivity contribution in [2.45, 2.75) is 0 Å². The maximum Gasteiger partial charge on any atom is 1.00 e. The molecule has 2 aliphatic heterocycles. The van der Waals surface area contributed by atoms with Crippen molar-refractivity contribution in [3.63, 3.8) is 0 Å². The summed E-state index contributed by atoms with van der Waals surface area (Å²) in [6, 6.07) is 0. The van der Waals surface area contributed by atoms with Gasteiger partial charge >= 0.3 is 30.7 Å². The van der Waals surface area contributed by atoms with Gasteiger partial charge in [0, 0.05) is 0 Å². The monoisotopic (exact) mass is 175 g/mol. The van der Waals surface area contributed by atoms with E-state index >= 15 is 0 Å².